The second-order valence-corrected chi connectivity index (χ2v) is 3.10. The number of nitrogens with one attached hydrogen (secondary N) is 1. The van der Waals surface area contributed by atoms with E-state index in [0.29, 0.717) is 6.42 Å². The van der Waals surface area contributed by atoms with Gasteiger partial charge in [-0.25, -0.2) is 0 Å². The summed E-state index contributed by atoms with van der Waals surface area (Å²) in [4.78, 5) is 10.8. The molecule has 0 aliphatic carbocycles. The van der Waals surface area contributed by atoms with Crippen molar-refractivity contribution in [1.82, 2.24) is 20.3 Å². The standard InChI is InChI=1S/C9H16N4O2/c1-15-9(14)3-2-4-10-5-7-13-8-6-11-12-13/h6,8,10H,2-5,7H2,1H3. The average Bonchev–Trinajstić information content (AvgIpc) is 2.75. The van der Waals surface area contributed by atoms with Crippen molar-refractivity contribution in [2.75, 3.05) is 20.2 Å². The van der Waals surface area contributed by atoms with Gasteiger partial charge in [-0.15, -0.1) is 5.10 Å². The molecule has 1 N–H and O–H groups in total. The highest BCUT2D eigenvalue weighted by atomic mass is 16.5. The van der Waals surface area contributed by atoms with E-state index >= 15 is 0 Å². The van der Waals surface area contributed by atoms with Crippen LogP contribution in [0.4, 0.5) is 0 Å². The fourth-order valence-electron chi connectivity index (χ4n) is 1.13. The maximum atomic E-state index is 10.8. The lowest BCUT2D eigenvalue weighted by molar-refractivity contribution is -0.140. The van der Waals surface area contributed by atoms with Gasteiger partial charge in [0.2, 0.25) is 0 Å². The minimum Gasteiger partial charge on any atom is -0.469 e. The molecule has 0 bridgehead atoms. The molecule has 0 unspecified atom stereocenters. The van der Waals surface area contributed by atoms with Crippen LogP contribution in [-0.4, -0.2) is 41.2 Å². The van der Waals surface area contributed by atoms with E-state index in [2.05, 4.69) is 20.4 Å². The van der Waals surface area contributed by atoms with Gasteiger partial charge in [0.1, 0.15) is 0 Å². The van der Waals surface area contributed by atoms with Crippen molar-refractivity contribution in [3.05, 3.63) is 12.4 Å². The summed E-state index contributed by atoms with van der Waals surface area (Å²) >= 11 is 0. The van der Waals surface area contributed by atoms with E-state index in [1.807, 2.05) is 6.20 Å². The molecular formula is C9H16N4O2. The van der Waals surface area contributed by atoms with Crippen molar-refractivity contribution in [1.29, 1.82) is 0 Å². The first-order valence-electron chi connectivity index (χ1n) is 4.94. The Balaban J connectivity index is 1.91. The molecule has 0 saturated carbocycles. The fourth-order valence-corrected chi connectivity index (χ4v) is 1.13. The van der Waals surface area contributed by atoms with Crippen molar-refractivity contribution in [3.63, 3.8) is 0 Å². The highest BCUT2D eigenvalue weighted by Gasteiger charge is 1.98. The molecule has 1 aromatic heterocycles. The molecule has 0 amide bonds. The molecule has 0 aromatic carbocycles. The first kappa shape index (κ1) is 11.6. The van der Waals surface area contributed by atoms with Crippen LogP contribution in [0, 0.1) is 0 Å². The molecule has 1 heterocycles. The third kappa shape index (κ3) is 5.11. The number of nitrogens with zero attached hydrogens (tertiary/aromatic N) is 3. The Hall–Kier alpha value is -1.43. The predicted molar refractivity (Wildman–Crippen MR) is 54.1 cm³/mol. The quantitative estimate of drug-likeness (QED) is 0.501. The van der Waals surface area contributed by atoms with Gasteiger partial charge in [0.15, 0.2) is 0 Å². The van der Waals surface area contributed by atoms with E-state index in [0.717, 1.165) is 26.1 Å². The topological polar surface area (TPSA) is 69.0 Å². The summed E-state index contributed by atoms with van der Waals surface area (Å²) in [6.45, 7) is 2.42. The van der Waals surface area contributed by atoms with Gasteiger partial charge >= 0.3 is 5.97 Å². The van der Waals surface area contributed by atoms with Crippen LogP contribution in [0.3, 0.4) is 0 Å². The zero-order valence-electron chi connectivity index (χ0n) is 8.85. The molecule has 0 spiro atoms. The highest BCUT2D eigenvalue weighted by Crippen LogP contribution is 1.89. The highest BCUT2D eigenvalue weighted by molar-refractivity contribution is 5.68. The van der Waals surface area contributed by atoms with E-state index in [1.165, 1.54) is 7.11 Å². The number of hydrogen-bond donors (Lipinski definition) is 1. The smallest absolute Gasteiger partial charge is 0.305 e. The van der Waals surface area contributed by atoms with E-state index in [-0.39, 0.29) is 5.97 Å². The molecule has 0 radical (unpaired) electrons. The number of ether oxygens (including phenoxy) is 1. The molecule has 84 valence electrons. The SMILES string of the molecule is COC(=O)CCCNCCn1ccnn1. The third-order valence-electron chi connectivity index (χ3n) is 1.95. The van der Waals surface area contributed by atoms with Crippen molar-refractivity contribution < 1.29 is 9.53 Å². The van der Waals surface area contributed by atoms with Gasteiger partial charge in [-0.3, -0.25) is 9.48 Å². The lowest BCUT2D eigenvalue weighted by atomic mass is 10.3. The fraction of sp³-hybridized carbons (Fsp3) is 0.667. The lowest BCUT2D eigenvalue weighted by Gasteiger charge is -2.03. The molecular weight excluding hydrogens is 196 g/mol. The van der Waals surface area contributed by atoms with Crippen LogP contribution in [-0.2, 0) is 16.1 Å². The summed E-state index contributed by atoms with van der Waals surface area (Å²) in [6.07, 6.45) is 4.73. The monoisotopic (exact) mass is 212 g/mol. The summed E-state index contributed by atoms with van der Waals surface area (Å²) in [6, 6.07) is 0. The molecule has 0 fully saturated rings. The van der Waals surface area contributed by atoms with Gasteiger partial charge in [0.25, 0.3) is 0 Å². The molecule has 0 atom stereocenters. The van der Waals surface area contributed by atoms with E-state index in [4.69, 9.17) is 0 Å². The summed E-state index contributed by atoms with van der Waals surface area (Å²) in [5.41, 5.74) is 0. The Labute approximate surface area is 88.6 Å². The summed E-state index contributed by atoms with van der Waals surface area (Å²) in [7, 11) is 1.40. The minimum atomic E-state index is -0.159. The van der Waals surface area contributed by atoms with Gasteiger partial charge in [-0.2, -0.15) is 0 Å². The van der Waals surface area contributed by atoms with E-state index < -0.39 is 0 Å². The first-order valence-corrected chi connectivity index (χ1v) is 4.94. The zero-order valence-corrected chi connectivity index (χ0v) is 8.85. The number of aromatic nitrogens is 3. The van der Waals surface area contributed by atoms with Crippen LogP contribution in [0.25, 0.3) is 0 Å². The number of hydrogen-bond acceptors (Lipinski definition) is 5. The molecule has 0 aliphatic rings. The van der Waals surface area contributed by atoms with Gasteiger partial charge in [-0.05, 0) is 13.0 Å². The molecule has 15 heavy (non-hydrogen) atoms. The van der Waals surface area contributed by atoms with Crippen molar-refractivity contribution in [2.45, 2.75) is 19.4 Å². The van der Waals surface area contributed by atoms with Gasteiger partial charge in [-0.1, -0.05) is 5.21 Å². The number of rotatable bonds is 7. The van der Waals surface area contributed by atoms with Crippen molar-refractivity contribution >= 4 is 5.97 Å². The molecule has 0 saturated heterocycles. The average molecular weight is 212 g/mol. The molecule has 6 heteroatoms. The minimum absolute atomic E-state index is 0.159. The van der Waals surface area contributed by atoms with E-state index in [9.17, 15) is 4.79 Å². The van der Waals surface area contributed by atoms with Crippen LogP contribution < -0.4 is 5.32 Å². The lowest BCUT2D eigenvalue weighted by Crippen LogP contribution is -2.22. The Bertz CT molecular complexity index is 274. The van der Waals surface area contributed by atoms with Crippen LogP contribution in [0.15, 0.2) is 12.4 Å². The second-order valence-electron chi connectivity index (χ2n) is 3.10. The largest absolute Gasteiger partial charge is 0.469 e. The Morgan fingerprint density at radius 1 is 1.53 bits per heavy atom. The summed E-state index contributed by atoms with van der Waals surface area (Å²) in [5, 5.41) is 10.7. The predicted octanol–water partition coefficient (Wildman–Crippen LogP) is -0.179. The summed E-state index contributed by atoms with van der Waals surface area (Å²) < 4.78 is 6.28. The number of esters is 1. The molecule has 6 nitrogen and oxygen atoms in total. The Morgan fingerprint density at radius 2 is 2.40 bits per heavy atom. The number of carbonyl (C=O) groups excluding carboxylic acids is 1. The molecule has 0 aliphatic heterocycles. The maximum absolute atomic E-state index is 10.8. The third-order valence-corrected chi connectivity index (χ3v) is 1.95. The number of carbonyl (C=O) groups is 1. The van der Waals surface area contributed by atoms with Crippen LogP contribution >= 0.6 is 0 Å². The Morgan fingerprint density at radius 3 is 3.07 bits per heavy atom. The van der Waals surface area contributed by atoms with Crippen LogP contribution in [0.2, 0.25) is 0 Å². The van der Waals surface area contributed by atoms with Gasteiger partial charge in [0, 0.05) is 19.2 Å². The summed E-state index contributed by atoms with van der Waals surface area (Å²) in [5.74, 6) is -0.159. The maximum Gasteiger partial charge on any atom is 0.305 e. The van der Waals surface area contributed by atoms with Crippen molar-refractivity contribution in [2.24, 2.45) is 0 Å². The second kappa shape index (κ2) is 6.94. The van der Waals surface area contributed by atoms with E-state index in [1.54, 1.807) is 10.9 Å². The zero-order chi connectivity index (χ0) is 10.9. The molecule has 1 aromatic rings. The molecule has 1 rings (SSSR count). The van der Waals surface area contributed by atoms with Crippen molar-refractivity contribution in [3.8, 4) is 0 Å². The number of methoxy groups -OCH3 is 1. The van der Waals surface area contributed by atoms with Crippen LogP contribution in [0.5, 0.6) is 0 Å². The first-order chi connectivity index (χ1) is 7.33. The normalized spacial score (nSPS) is 10.2. The van der Waals surface area contributed by atoms with Gasteiger partial charge in [0.05, 0.1) is 19.9 Å². The van der Waals surface area contributed by atoms with Crippen LogP contribution in [0.1, 0.15) is 12.8 Å². The van der Waals surface area contributed by atoms with Gasteiger partial charge < -0.3 is 10.1 Å². The Kier molecular flexibility index (Phi) is 5.39.